The summed E-state index contributed by atoms with van der Waals surface area (Å²) in [5, 5.41) is 13.0. The fourth-order valence-electron chi connectivity index (χ4n) is 4.47. The molecule has 0 aromatic heterocycles. The van der Waals surface area contributed by atoms with Gasteiger partial charge in [0.1, 0.15) is 5.54 Å². The molecule has 1 aromatic rings. The van der Waals surface area contributed by atoms with E-state index >= 15 is 0 Å². The Hall–Kier alpha value is -3.68. The van der Waals surface area contributed by atoms with Gasteiger partial charge in [0.05, 0.1) is 25.5 Å². The van der Waals surface area contributed by atoms with Crippen molar-refractivity contribution in [1.82, 2.24) is 20.4 Å². The lowest BCUT2D eigenvalue weighted by Gasteiger charge is -2.29. The lowest BCUT2D eigenvalue weighted by molar-refractivity contribution is -0.192. The maximum absolute atomic E-state index is 13.3. The van der Waals surface area contributed by atoms with Crippen molar-refractivity contribution in [3.63, 3.8) is 0 Å². The maximum Gasteiger partial charge on any atom is 0.490 e. The number of urea groups is 1. The third-order valence-corrected chi connectivity index (χ3v) is 6.16. The number of amides is 4. The van der Waals surface area contributed by atoms with Gasteiger partial charge in [-0.05, 0) is 19.4 Å². The molecular formula is C23H29F3N4O7. The quantitative estimate of drug-likeness (QED) is 0.365. The molecule has 3 rings (SSSR count). The van der Waals surface area contributed by atoms with Crippen molar-refractivity contribution in [2.24, 2.45) is 11.8 Å². The van der Waals surface area contributed by atoms with Crippen LogP contribution in [0.1, 0.15) is 19.4 Å². The number of benzene rings is 1. The van der Waals surface area contributed by atoms with Crippen molar-refractivity contribution >= 4 is 29.8 Å². The van der Waals surface area contributed by atoms with Gasteiger partial charge in [0, 0.05) is 26.2 Å². The van der Waals surface area contributed by atoms with Gasteiger partial charge in [0.15, 0.2) is 0 Å². The van der Waals surface area contributed by atoms with Gasteiger partial charge < -0.3 is 20.1 Å². The number of ether oxygens (including phenoxy) is 1. The van der Waals surface area contributed by atoms with E-state index in [1.807, 2.05) is 37.3 Å². The standard InChI is InChI=1S/C21H28N4O5.C2HF3O2/c1-5-22-20(29)24(3)12-14-15-16(21(2,23-14)19(28)30-4)18(27)25(17(15)26)11-13-9-7-6-8-10-13;3-2(4,5)1(6)7/h6-10,14-16,23H,5,11-12H2,1-4H3,(H,22,29);(H,6,7)/t14-,15+,16-,21-;/m1./s1. The molecule has 0 radical (unpaired) electrons. The number of rotatable bonds is 6. The van der Waals surface area contributed by atoms with Gasteiger partial charge in [0.25, 0.3) is 0 Å². The van der Waals surface area contributed by atoms with Crippen molar-refractivity contribution in [2.45, 2.75) is 38.1 Å². The molecule has 37 heavy (non-hydrogen) atoms. The third-order valence-electron chi connectivity index (χ3n) is 6.16. The number of likely N-dealkylation sites (tertiary alicyclic amines) is 1. The number of hydrogen-bond acceptors (Lipinski definition) is 7. The predicted molar refractivity (Wildman–Crippen MR) is 122 cm³/mol. The molecule has 0 unspecified atom stereocenters. The Bertz CT molecular complexity index is 1040. The van der Waals surface area contributed by atoms with Crippen LogP contribution in [0.15, 0.2) is 30.3 Å². The number of nitrogens with zero attached hydrogens (tertiary/aromatic N) is 2. The number of esters is 1. The van der Waals surface area contributed by atoms with Gasteiger partial charge in [0.2, 0.25) is 11.8 Å². The number of methoxy groups -OCH3 is 1. The Labute approximate surface area is 210 Å². The number of nitrogens with one attached hydrogen (secondary N) is 2. The second kappa shape index (κ2) is 11.6. The highest BCUT2D eigenvalue weighted by atomic mass is 19.4. The highest BCUT2D eigenvalue weighted by molar-refractivity contribution is 6.09. The van der Waals surface area contributed by atoms with E-state index in [1.54, 1.807) is 14.0 Å². The zero-order valence-electron chi connectivity index (χ0n) is 20.7. The lowest BCUT2D eigenvalue weighted by atomic mass is 9.81. The Morgan fingerprint density at radius 2 is 1.76 bits per heavy atom. The van der Waals surface area contributed by atoms with E-state index in [2.05, 4.69) is 10.6 Å². The van der Waals surface area contributed by atoms with Crippen LogP contribution in [0.4, 0.5) is 18.0 Å². The summed E-state index contributed by atoms with van der Waals surface area (Å²) >= 11 is 0. The molecule has 204 valence electrons. The summed E-state index contributed by atoms with van der Waals surface area (Å²) < 4.78 is 36.7. The molecule has 0 aliphatic carbocycles. The largest absolute Gasteiger partial charge is 0.490 e. The second-order valence-corrected chi connectivity index (χ2v) is 8.72. The molecule has 1 aromatic carbocycles. The number of imide groups is 1. The topological polar surface area (TPSA) is 145 Å². The second-order valence-electron chi connectivity index (χ2n) is 8.72. The van der Waals surface area contributed by atoms with Crippen LogP contribution in [0.25, 0.3) is 0 Å². The molecule has 0 bridgehead atoms. The SMILES string of the molecule is CCNC(=O)N(C)C[C@H]1N[C@@](C)(C(=O)OC)[C@H]2C(=O)N(Cc3ccccc3)C(=O)[C@@H]12.O=C(O)C(F)(F)F. The first-order valence-corrected chi connectivity index (χ1v) is 11.2. The highest BCUT2D eigenvalue weighted by Crippen LogP contribution is 2.44. The van der Waals surface area contributed by atoms with Crippen LogP contribution in [0.5, 0.6) is 0 Å². The highest BCUT2D eigenvalue weighted by Gasteiger charge is 2.66. The van der Waals surface area contributed by atoms with E-state index in [-0.39, 0.29) is 25.0 Å². The van der Waals surface area contributed by atoms with Gasteiger partial charge in [-0.1, -0.05) is 30.3 Å². The summed E-state index contributed by atoms with van der Waals surface area (Å²) in [5.41, 5.74) is -0.535. The van der Waals surface area contributed by atoms with Crippen molar-refractivity contribution < 1.29 is 47.0 Å². The first-order chi connectivity index (χ1) is 17.2. The summed E-state index contributed by atoms with van der Waals surface area (Å²) in [4.78, 5) is 62.9. The first-order valence-electron chi connectivity index (χ1n) is 11.2. The van der Waals surface area contributed by atoms with Crippen LogP contribution >= 0.6 is 0 Å². The average Bonchev–Trinajstić information content (AvgIpc) is 3.27. The minimum Gasteiger partial charge on any atom is -0.475 e. The minimum absolute atomic E-state index is 0.141. The van der Waals surface area contributed by atoms with Crippen LogP contribution in [-0.4, -0.2) is 89.7 Å². The van der Waals surface area contributed by atoms with Gasteiger partial charge in [-0.15, -0.1) is 0 Å². The average molecular weight is 531 g/mol. The van der Waals surface area contributed by atoms with Crippen LogP contribution in [0.3, 0.4) is 0 Å². The lowest BCUT2D eigenvalue weighted by Crippen LogP contribution is -2.56. The number of carboxylic acid groups (broad SMARTS) is 1. The van der Waals surface area contributed by atoms with Crippen LogP contribution in [-0.2, 0) is 30.5 Å². The molecule has 3 N–H and O–H groups in total. The van der Waals surface area contributed by atoms with E-state index < -0.39 is 47.4 Å². The number of halogens is 3. The monoisotopic (exact) mass is 530 g/mol. The molecule has 2 aliphatic rings. The zero-order valence-corrected chi connectivity index (χ0v) is 20.7. The molecule has 2 fully saturated rings. The summed E-state index contributed by atoms with van der Waals surface area (Å²) in [5.74, 6) is -5.77. The number of likely N-dealkylation sites (N-methyl/N-ethyl adjacent to an activating group) is 1. The minimum atomic E-state index is -5.08. The molecule has 14 heteroatoms. The predicted octanol–water partition coefficient (Wildman–Crippen LogP) is 0.986. The van der Waals surface area contributed by atoms with Crippen LogP contribution in [0.2, 0.25) is 0 Å². The Balaban J connectivity index is 0.000000604. The number of fused-ring (bicyclic) bond motifs is 1. The smallest absolute Gasteiger partial charge is 0.475 e. The van der Waals surface area contributed by atoms with E-state index in [0.29, 0.717) is 6.54 Å². The Morgan fingerprint density at radius 1 is 1.19 bits per heavy atom. The number of carboxylic acids is 1. The maximum atomic E-state index is 13.3. The molecule has 2 heterocycles. The summed E-state index contributed by atoms with van der Waals surface area (Å²) in [6.07, 6.45) is -5.08. The normalized spacial score (nSPS) is 24.6. The molecule has 0 saturated carbocycles. The van der Waals surface area contributed by atoms with Gasteiger partial charge in [-0.3, -0.25) is 24.6 Å². The molecule has 2 saturated heterocycles. The van der Waals surface area contributed by atoms with E-state index in [1.165, 1.54) is 16.9 Å². The van der Waals surface area contributed by atoms with Gasteiger partial charge in [-0.2, -0.15) is 13.2 Å². The molecule has 2 aliphatic heterocycles. The fourth-order valence-corrected chi connectivity index (χ4v) is 4.47. The fraction of sp³-hybridized carbons (Fsp3) is 0.522. The molecule has 11 nitrogen and oxygen atoms in total. The van der Waals surface area contributed by atoms with E-state index in [4.69, 9.17) is 14.6 Å². The number of hydrogen-bond donors (Lipinski definition) is 3. The van der Waals surface area contributed by atoms with Gasteiger partial charge in [-0.25, -0.2) is 9.59 Å². The van der Waals surface area contributed by atoms with Crippen molar-refractivity contribution in [3.05, 3.63) is 35.9 Å². The van der Waals surface area contributed by atoms with Crippen LogP contribution in [0, 0.1) is 11.8 Å². The summed E-state index contributed by atoms with van der Waals surface area (Å²) in [6, 6.07) is 8.36. The van der Waals surface area contributed by atoms with Crippen molar-refractivity contribution in [2.75, 3.05) is 27.2 Å². The Morgan fingerprint density at radius 3 is 2.24 bits per heavy atom. The Kier molecular flexibility index (Phi) is 9.25. The molecule has 4 amide bonds. The molecular weight excluding hydrogens is 501 g/mol. The van der Waals surface area contributed by atoms with Crippen molar-refractivity contribution in [1.29, 1.82) is 0 Å². The number of carbonyl (C=O) groups excluding carboxylic acids is 4. The molecule has 0 spiro atoms. The number of aliphatic carboxylic acids is 1. The summed E-state index contributed by atoms with van der Waals surface area (Å²) in [7, 11) is 2.86. The molecule has 4 atom stereocenters. The zero-order chi connectivity index (χ0) is 28.1. The number of alkyl halides is 3. The van der Waals surface area contributed by atoms with E-state index in [9.17, 15) is 32.3 Å². The summed E-state index contributed by atoms with van der Waals surface area (Å²) in [6.45, 7) is 4.17. The van der Waals surface area contributed by atoms with Crippen LogP contribution < -0.4 is 10.6 Å². The first kappa shape index (κ1) is 29.5. The third kappa shape index (κ3) is 6.37. The van der Waals surface area contributed by atoms with Crippen molar-refractivity contribution in [3.8, 4) is 0 Å². The number of carbonyl (C=O) groups is 5. The van der Waals surface area contributed by atoms with E-state index in [0.717, 1.165) is 5.56 Å². The van der Waals surface area contributed by atoms with Gasteiger partial charge >= 0.3 is 24.1 Å².